The van der Waals surface area contributed by atoms with Gasteiger partial charge in [-0.25, -0.2) is 4.79 Å². The van der Waals surface area contributed by atoms with Gasteiger partial charge in [-0.3, -0.25) is 4.68 Å². The first-order chi connectivity index (χ1) is 11.8. The van der Waals surface area contributed by atoms with Crippen LogP contribution < -0.4 is 10.6 Å². The van der Waals surface area contributed by atoms with Crippen LogP contribution in [0.4, 0.5) is 23.7 Å². The third-order valence-corrected chi connectivity index (χ3v) is 3.98. The van der Waals surface area contributed by atoms with Crippen LogP contribution in [0.5, 0.6) is 0 Å². The predicted molar refractivity (Wildman–Crippen MR) is 87.4 cm³/mol. The number of carbonyl (C=O) groups excluding carboxylic acids is 1. The van der Waals surface area contributed by atoms with Crippen molar-refractivity contribution in [2.45, 2.75) is 38.4 Å². The molecule has 0 bridgehead atoms. The van der Waals surface area contributed by atoms with E-state index in [1.807, 2.05) is 25.1 Å². The van der Waals surface area contributed by atoms with Gasteiger partial charge in [0, 0.05) is 23.8 Å². The molecule has 3 rings (SSSR count). The Morgan fingerprint density at radius 1 is 1.32 bits per heavy atom. The summed E-state index contributed by atoms with van der Waals surface area (Å²) in [6.07, 6.45) is -2.70. The summed E-state index contributed by atoms with van der Waals surface area (Å²) < 4.78 is 39.9. The zero-order valence-electron chi connectivity index (χ0n) is 13.7. The van der Waals surface area contributed by atoms with Crippen molar-refractivity contribution < 1.29 is 18.0 Å². The fourth-order valence-corrected chi connectivity index (χ4v) is 2.63. The maximum absolute atomic E-state index is 12.8. The van der Waals surface area contributed by atoms with Crippen LogP contribution in [0.2, 0.25) is 0 Å². The molecule has 134 valence electrons. The van der Waals surface area contributed by atoms with Gasteiger partial charge >= 0.3 is 12.2 Å². The quantitative estimate of drug-likeness (QED) is 0.857. The molecule has 1 heterocycles. The van der Waals surface area contributed by atoms with Crippen LogP contribution in [0.1, 0.15) is 35.7 Å². The summed E-state index contributed by atoms with van der Waals surface area (Å²) in [4.78, 5) is 11.9. The molecule has 0 aliphatic heterocycles. The van der Waals surface area contributed by atoms with Crippen molar-refractivity contribution in [1.29, 1.82) is 0 Å². The molecule has 1 aliphatic carbocycles. The van der Waals surface area contributed by atoms with Crippen molar-refractivity contribution in [2.24, 2.45) is 0 Å². The van der Waals surface area contributed by atoms with Crippen LogP contribution >= 0.6 is 0 Å². The highest BCUT2D eigenvalue weighted by molar-refractivity contribution is 5.89. The van der Waals surface area contributed by atoms with Crippen molar-refractivity contribution in [3.63, 3.8) is 0 Å². The summed E-state index contributed by atoms with van der Waals surface area (Å²) in [7, 11) is 0. The average Bonchev–Trinajstić information content (AvgIpc) is 3.26. The Bertz CT molecular complexity index is 765. The molecule has 2 amide bonds. The SMILES string of the molecule is Cc1cccc(NC(=O)NCCn2nc(C(F)(F)F)cc2C2CC2)c1. The van der Waals surface area contributed by atoms with E-state index < -0.39 is 17.9 Å². The van der Waals surface area contributed by atoms with Crippen LogP contribution in [-0.2, 0) is 12.7 Å². The van der Waals surface area contributed by atoms with E-state index in [0.29, 0.717) is 11.4 Å². The van der Waals surface area contributed by atoms with E-state index in [1.54, 1.807) is 6.07 Å². The van der Waals surface area contributed by atoms with Gasteiger partial charge in [0.25, 0.3) is 0 Å². The number of rotatable bonds is 5. The number of nitrogens with one attached hydrogen (secondary N) is 2. The van der Waals surface area contributed by atoms with Crippen molar-refractivity contribution in [1.82, 2.24) is 15.1 Å². The Hall–Kier alpha value is -2.51. The largest absolute Gasteiger partial charge is 0.435 e. The number of carbonyl (C=O) groups is 1. The van der Waals surface area contributed by atoms with Gasteiger partial charge in [0.15, 0.2) is 5.69 Å². The molecule has 1 saturated carbocycles. The maximum atomic E-state index is 12.8. The van der Waals surface area contributed by atoms with E-state index in [2.05, 4.69) is 15.7 Å². The van der Waals surface area contributed by atoms with Crippen molar-refractivity contribution in [3.8, 4) is 0 Å². The third kappa shape index (κ3) is 4.52. The molecule has 2 aromatic rings. The van der Waals surface area contributed by atoms with Crippen molar-refractivity contribution in [3.05, 3.63) is 47.3 Å². The third-order valence-electron chi connectivity index (χ3n) is 3.98. The molecule has 0 saturated heterocycles. The van der Waals surface area contributed by atoms with Crippen LogP contribution in [0.3, 0.4) is 0 Å². The first-order valence-electron chi connectivity index (χ1n) is 8.09. The standard InChI is InChI=1S/C17H19F3N4O/c1-11-3-2-4-13(9-11)22-16(25)21-7-8-24-14(12-5-6-12)10-15(23-24)17(18,19)20/h2-4,9-10,12H,5-8H2,1H3,(H2,21,22,25). The molecule has 25 heavy (non-hydrogen) atoms. The van der Waals surface area contributed by atoms with E-state index in [9.17, 15) is 18.0 Å². The first kappa shape index (κ1) is 17.3. The summed E-state index contributed by atoms with van der Waals surface area (Å²) in [5, 5.41) is 8.99. The lowest BCUT2D eigenvalue weighted by Crippen LogP contribution is -2.32. The lowest BCUT2D eigenvalue weighted by molar-refractivity contribution is -0.141. The van der Waals surface area contributed by atoms with Crippen LogP contribution in [0, 0.1) is 6.92 Å². The molecule has 1 fully saturated rings. The van der Waals surface area contributed by atoms with E-state index >= 15 is 0 Å². The van der Waals surface area contributed by atoms with Gasteiger partial charge in [-0.05, 0) is 43.5 Å². The summed E-state index contributed by atoms with van der Waals surface area (Å²) >= 11 is 0. The van der Waals surface area contributed by atoms with Gasteiger partial charge in [-0.2, -0.15) is 18.3 Å². The van der Waals surface area contributed by atoms with Crippen LogP contribution in [0.15, 0.2) is 30.3 Å². The number of alkyl halides is 3. The molecule has 1 aromatic carbocycles. The fraction of sp³-hybridized carbons (Fsp3) is 0.412. The number of aromatic nitrogens is 2. The predicted octanol–water partition coefficient (Wildman–Crippen LogP) is 3.91. The molecule has 0 unspecified atom stereocenters. The number of amides is 2. The second-order valence-corrected chi connectivity index (χ2v) is 6.20. The van der Waals surface area contributed by atoms with Crippen LogP contribution in [-0.4, -0.2) is 22.4 Å². The Labute approximate surface area is 143 Å². The number of aryl methyl sites for hydroxylation is 1. The number of benzene rings is 1. The molecule has 8 heteroatoms. The topological polar surface area (TPSA) is 59.0 Å². The first-order valence-corrected chi connectivity index (χ1v) is 8.09. The second kappa shape index (κ2) is 6.78. The van der Waals surface area contributed by atoms with Gasteiger partial charge in [0.05, 0.1) is 6.54 Å². The summed E-state index contributed by atoms with van der Waals surface area (Å²) in [6, 6.07) is 8.05. The van der Waals surface area contributed by atoms with Gasteiger partial charge in [-0.15, -0.1) is 0 Å². The smallest absolute Gasteiger partial charge is 0.336 e. The molecule has 2 N–H and O–H groups in total. The number of anilines is 1. The van der Waals surface area contributed by atoms with E-state index in [1.165, 1.54) is 4.68 Å². The zero-order chi connectivity index (χ0) is 18.0. The van der Waals surface area contributed by atoms with Crippen LogP contribution in [0.25, 0.3) is 0 Å². The average molecular weight is 352 g/mol. The van der Waals surface area contributed by atoms with Gasteiger partial charge in [0.2, 0.25) is 0 Å². The van der Waals surface area contributed by atoms with E-state index in [-0.39, 0.29) is 19.0 Å². The molecule has 0 spiro atoms. The number of halogens is 3. The maximum Gasteiger partial charge on any atom is 0.435 e. The monoisotopic (exact) mass is 352 g/mol. The highest BCUT2D eigenvalue weighted by atomic mass is 19.4. The second-order valence-electron chi connectivity index (χ2n) is 6.20. The Morgan fingerprint density at radius 2 is 2.08 bits per heavy atom. The lowest BCUT2D eigenvalue weighted by atomic mass is 10.2. The minimum absolute atomic E-state index is 0.143. The van der Waals surface area contributed by atoms with Gasteiger partial charge in [0.1, 0.15) is 0 Å². The fourth-order valence-electron chi connectivity index (χ4n) is 2.63. The van der Waals surface area contributed by atoms with E-state index in [0.717, 1.165) is 24.5 Å². The molecule has 5 nitrogen and oxygen atoms in total. The number of urea groups is 1. The Kier molecular flexibility index (Phi) is 4.69. The zero-order valence-corrected chi connectivity index (χ0v) is 13.7. The normalized spacial score (nSPS) is 14.4. The number of hydrogen-bond donors (Lipinski definition) is 2. The Balaban J connectivity index is 1.56. The molecular weight excluding hydrogens is 333 g/mol. The molecule has 1 aliphatic rings. The minimum atomic E-state index is -4.45. The summed E-state index contributed by atoms with van der Waals surface area (Å²) in [5.41, 5.74) is 1.39. The van der Waals surface area contributed by atoms with Crippen molar-refractivity contribution in [2.75, 3.05) is 11.9 Å². The summed E-state index contributed by atoms with van der Waals surface area (Å²) in [5.74, 6) is 0.143. The molecule has 0 atom stereocenters. The molecule has 1 aromatic heterocycles. The summed E-state index contributed by atoms with van der Waals surface area (Å²) in [6.45, 7) is 2.30. The van der Waals surface area contributed by atoms with Crippen molar-refractivity contribution >= 4 is 11.7 Å². The minimum Gasteiger partial charge on any atom is -0.336 e. The van der Waals surface area contributed by atoms with Gasteiger partial charge in [-0.1, -0.05) is 12.1 Å². The highest BCUT2D eigenvalue weighted by Gasteiger charge is 2.37. The Morgan fingerprint density at radius 3 is 2.72 bits per heavy atom. The van der Waals surface area contributed by atoms with Gasteiger partial charge < -0.3 is 10.6 Å². The number of hydrogen-bond acceptors (Lipinski definition) is 2. The lowest BCUT2D eigenvalue weighted by Gasteiger charge is -2.10. The molecular formula is C17H19F3N4O. The number of nitrogens with zero attached hydrogens (tertiary/aromatic N) is 2. The highest BCUT2D eigenvalue weighted by Crippen LogP contribution is 2.42. The van der Waals surface area contributed by atoms with E-state index in [4.69, 9.17) is 0 Å². The molecule has 0 radical (unpaired) electrons.